The molecule has 0 aromatic heterocycles. The summed E-state index contributed by atoms with van der Waals surface area (Å²) in [4.78, 5) is 50.7. The maximum atomic E-state index is 12.5. The Kier molecular flexibility index (Phi) is 8.00. The minimum atomic E-state index is -1.14. The van der Waals surface area contributed by atoms with Gasteiger partial charge in [-0.05, 0) is 40.8 Å². The summed E-state index contributed by atoms with van der Waals surface area (Å²) >= 11 is 0. The molecule has 3 rings (SSSR count). The molecule has 1 aliphatic heterocycles. The van der Waals surface area contributed by atoms with Crippen LogP contribution in [-0.4, -0.2) is 65.6 Å². The fourth-order valence-electron chi connectivity index (χ4n) is 3.93. The van der Waals surface area contributed by atoms with Gasteiger partial charge in [-0.15, -0.1) is 0 Å². The molecule has 0 spiro atoms. The lowest BCUT2D eigenvalue weighted by Crippen LogP contribution is -2.13. The summed E-state index contributed by atoms with van der Waals surface area (Å²) in [6, 6.07) is 3.57. The van der Waals surface area contributed by atoms with Crippen molar-refractivity contribution in [3.63, 3.8) is 0 Å². The number of hydrogen-bond donors (Lipinski definition) is 2. The molecule has 0 amide bonds. The van der Waals surface area contributed by atoms with Crippen molar-refractivity contribution in [2.24, 2.45) is 4.99 Å². The van der Waals surface area contributed by atoms with E-state index in [1.807, 2.05) is 6.08 Å². The van der Waals surface area contributed by atoms with E-state index in [9.17, 15) is 19.2 Å². The van der Waals surface area contributed by atoms with Crippen LogP contribution in [0.1, 0.15) is 22.8 Å². The van der Waals surface area contributed by atoms with E-state index in [4.69, 9.17) is 19.7 Å². The summed E-state index contributed by atoms with van der Waals surface area (Å²) in [5.41, 5.74) is 4.16. The van der Waals surface area contributed by atoms with Gasteiger partial charge in [-0.3, -0.25) is 14.6 Å². The van der Waals surface area contributed by atoms with Crippen LogP contribution < -0.4 is 0 Å². The number of rotatable bonds is 8. The molecule has 0 fully saturated rings. The van der Waals surface area contributed by atoms with Crippen LogP contribution in [0.3, 0.4) is 0 Å². The molecule has 1 heterocycles. The van der Waals surface area contributed by atoms with Crippen LogP contribution in [0, 0.1) is 0 Å². The molecule has 0 unspecified atom stereocenters. The molecule has 0 atom stereocenters. The maximum absolute atomic E-state index is 12.5. The fraction of sp³-hybridized carbons (Fsp3) is 0.192. The summed E-state index contributed by atoms with van der Waals surface area (Å²) in [7, 11) is 2.47. The predicted molar refractivity (Wildman–Crippen MR) is 131 cm³/mol. The van der Waals surface area contributed by atoms with Crippen molar-refractivity contribution in [2.45, 2.75) is 13.5 Å². The predicted octanol–water partition coefficient (Wildman–Crippen LogP) is 2.99. The van der Waals surface area contributed by atoms with Gasteiger partial charge in [-0.2, -0.15) is 0 Å². The van der Waals surface area contributed by atoms with E-state index in [-0.39, 0.29) is 17.7 Å². The number of ether oxygens (including phenoxy) is 2. The van der Waals surface area contributed by atoms with E-state index >= 15 is 0 Å². The van der Waals surface area contributed by atoms with Crippen LogP contribution in [0.5, 0.6) is 0 Å². The Labute approximate surface area is 206 Å². The average molecular weight is 492 g/mol. The Morgan fingerprint density at radius 2 is 1.78 bits per heavy atom. The number of fused-ring (bicyclic) bond motifs is 1. The number of esters is 2. The molecule has 0 aromatic rings. The lowest BCUT2D eigenvalue weighted by Gasteiger charge is -2.13. The maximum Gasteiger partial charge on any atom is 0.340 e. The van der Waals surface area contributed by atoms with Crippen LogP contribution in [-0.2, 0) is 30.4 Å². The molecular weight excluding hydrogens is 468 g/mol. The summed E-state index contributed by atoms with van der Waals surface area (Å²) in [6.07, 6.45) is 11.4. The van der Waals surface area contributed by atoms with Gasteiger partial charge < -0.3 is 24.3 Å². The van der Waals surface area contributed by atoms with Crippen LogP contribution in [0.25, 0.3) is 17.2 Å². The number of carbonyl (C=O) groups is 4. The molecule has 36 heavy (non-hydrogen) atoms. The Balaban J connectivity index is 2.12. The molecule has 0 radical (unpaired) electrons. The topological polar surface area (TPSA) is 144 Å². The van der Waals surface area contributed by atoms with E-state index in [2.05, 4.69) is 4.99 Å². The van der Waals surface area contributed by atoms with Crippen LogP contribution in [0.4, 0.5) is 0 Å². The third kappa shape index (κ3) is 5.49. The molecule has 186 valence electrons. The zero-order valence-corrected chi connectivity index (χ0v) is 19.8. The monoisotopic (exact) mass is 492 g/mol. The van der Waals surface area contributed by atoms with Crippen molar-refractivity contribution < 1.29 is 38.9 Å². The molecule has 0 aromatic carbocycles. The van der Waals surface area contributed by atoms with Crippen LogP contribution in [0.15, 0.2) is 70.0 Å². The van der Waals surface area contributed by atoms with E-state index in [1.54, 1.807) is 43.5 Å². The number of carboxylic acids is 2. The Morgan fingerprint density at radius 3 is 2.39 bits per heavy atom. The molecule has 0 saturated carbocycles. The van der Waals surface area contributed by atoms with Gasteiger partial charge in [0, 0.05) is 24.2 Å². The number of carboxylic acid groups (broad SMARTS) is 2. The van der Waals surface area contributed by atoms with Crippen molar-refractivity contribution in [3.05, 3.63) is 76.2 Å². The molecule has 0 bridgehead atoms. The molecule has 0 saturated heterocycles. The minimum absolute atomic E-state index is 0.101. The number of nitrogens with zero attached hydrogens (tertiary/aromatic N) is 2. The first-order valence-electron chi connectivity index (χ1n) is 10.7. The number of pyridine rings is 1. The molecule has 3 aliphatic rings. The number of aromatic nitrogens is 1. The molecule has 10 heteroatoms. The van der Waals surface area contributed by atoms with E-state index < -0.39 is 30.4 Å². The lowest BCUT2D eigenvalue weighted by molar-refractivity contribution is -0.138. The SMILES string of the molecule is C/C=C1/C(=C\c2ccc3cn(CC(=O)O)cc(C(=O)OC)c2-3)C=C/C1=C(/C=N/CC(=O)O)C(=O)OC. The Morgan fingerprint density at radius 1 is 1.03 bits per heavy atom. The van der Waals surface area contributed by atoms with Crippen molar-refractivity contribution in [1.29, 1.82) is 0 Å². The lowest BCUT2D eigenvalue weighted by atomic mass is 9.96. The quantitative estimate of drug-likeness (QED) is 0.325. The molecule has 10 nitrogen and oxygen atoms in total. The summed E-state index contributed by atoms with van der Waals surface area (Å²) < 4.78 is 11.2. The minimum Gasteiger partial charge on any atom is -0.480 e. The van der Waals surface area contributed by atoms with Gasteiger partial charge in [-0.1, -0.05) is 30.4 Å². The van der Waals surface area contributed by atoms with E-state index in [1.165, 1.54) is 31.2 Å². The second kappa shape index (κ2) is 11.1. The second-order valence-electron chi connectivity index (χ2n) is 7.67. The van der Waals surface area contributed by atoms with E-state index in [0.717, 1.165) is 5.57 Å². The summed E-state index contributed by atoms with van der Waals surface area (Å²) in [5.74, 6) is -3.46. The first-order chi connectivity index (χ1) is 17.2. The summed E-state index contributed by atoms with van der Waals surface area (Å²) in [6.45, 7) is 0.973. The number of carbonyl (C=O) groups excluding carboxylic acids is 2. The van der Waals surface area contributed by atoms with Gasteiger partial charge in [0.1, 0.15) is 13.1 Å². The number of allylic oxidation sites excluding steroid dienone is 6. The van der Waals surface area contributed by atoms with Crippen molar-refractivity contribution in [1.82, 2.24) is 4.57 Å². The van der Waals surface area contributed by atoms with Crippen molar-refractivity contribution in [2.75, 3.05) is 20.8 Å². The van der Waals surface area contributed by atoms with Gasteiger partial charge >= 0.3 is 23.9 Å². The largest absolute Gasteiger partial charge is 0.480 e. The highest BCUT2D eigenvalue weighted by Gasteiger charge is 2.24. The summed E-state index contributed by atoms with van der Waals surface area (Å²) in [5, 5.41) is 18.0. The third-order valence-corrected chi connectivity index (χ3v) is 5.38. The van der Waals surface area contributed by atoms with Gasteiger partial charge in [0.15, 0.2) is 0 Å². The van der Waals surface area contributed by atoms with Crippen molar-refractivity contribution in [3.8, 4) is 11.1 Å². The fourth-order valence-corrected chi connectivity index (χ4v) is 3.93. The zero-order chi connectivity index (χ0) is 26.4. The van der Waals surface area contributed by atoms with Crippen LogP contribution >= 0.6 is 0 Å². The number of aliphatic carboxylic acids is 2. The molecule has 2 N–H and O–H groups in total. The first-order valence-corrected chi connectivity index (χ1v) is 10.7. The van der Waals surface area contributed by atoms with Gasteiger partial charge in [-0.25, -0.2) is 9.59 Å². The molecular formula is C26H24N2O8. The number of methoxy groups -OCH3 is 2. The third-order valence-electron chi connectivity index (χ3n) is 5.38. The average Bonchev–Trinajstić information content (AvgIpc) is 3.43. The van der Waals surface area contributed by atoms with Crippen LogP contribution in [0.2, 0.25) is 0 Å². The smallest absolute Gasteiger partial charge is 0.340 e. The number of hydrogen-bond acceptors (Lipinski definition) is 7. The Hall–Kier alpha value is -4.73. The zero-order valence-electron chi connectivity index (χ0n) is 19.8. The normalized spacial score (nSPS) is 16.8. The van der Waals surface area contributed by atoms with Gasteiger partial charge in [0.25, 0.3) is 0 Å². The second-order valence-corrected chi connectivity index (χ2v) is 7.67. The van der Waals surface area contributed by atoms with Crippen molar-refractivity contribution >= 4 is 36.2 Å². The van der Waals surface area contributed by atoms with Gasteiger partial charge in [0.05, 0.1) is 25.4 Å². The number of aliphatic imine (C=N–C) groups is 1. The first kappa shape index (κ1) is 25.9. The van der Waals surface area contributed by atoms with E-state index in [0.29, 0.717) is 27.8 Å². The highest BCUT2D eigenvalue weighted by molar-refractivity contribution is 6.12. The standard InChI is InChI=1S/C26H24N2O8/c1-4-18-15(7-8-19(18)20(25(33)35-2)10-27-11-22(29)30)9-16-5-6-17-12-28(14-23(31)32)13-21(24(16)17)26(34)36-3/h4-10,12-13H,11,14H2,1-3H3,(H,29,30)(H,31,32)/b15-9-,18-4-,20-19+,27-10+. The highest BCUT2D eigenvalue weighted by atomic mass is 16.5. The highest BCUT2D eigenvalue weighted by Crippen LogP contribution is 2.37. The Bertz CT molecular complexity index is 1350. The van der Waals surface area contributed by atoms with Gasteiger partial charge in [0.2, 0.25) is 0 Å². The molecule has 2 aliphatic carbocycles.